The van der Waals surface area contributed by atoms with Gasteiger partial charge in [0, 0.05) is 12.2 Å². The molecule has 5 rings (SSSR count). The summed E-state index contributed by atoms with van der Waals surface area (Å²) >= 11 is 5.79. The fourth-order valence-corrected chi connectivity index (χ4v) is 6.40. The van der Waals surface area contributed by atoms with Crippen LogP contribution < -0.4 is 15.0 Å². The van der Waals surface area contributed by atoms with E-state index in [1.165, 1.54) is 35.4 Å². The van der Waals surface area contributed by atoms with Gasteiger partial charge in [0.2, 0.25) is 5.91 Å². The SMILES string of the molecule is CCCOc1ccc(NC(=O)C[C@@H]2C(=O)N(c3ccc(F)cc3)C(=S)N2CCCN2CCC(Cc3ccccc3)CC2)cc1. The number of amides is 2. The fourth-order valence-electron chi connectivity index (χ4n) is 5.98. The van der Waals surface area contributed by atoms with E-state index in [2.05, 4.69) is 40.5 Å². The number of nitrogens with one attached hydrogen (secondary N) is 1. The summed E-state index contributed by atoms with van der Waals surface area (Å²) in [6.07, 6.45) is 5.14. The van der Waals surface area contributed by atoms with Crippen molar-refractivity contribution in [3.05, 3.63) is 90.2 Å². The maximum Gasteiger partial charge on any atom is 0.256 e. The molecule has 0 saturated carbocycles. The van der Waals surface area contributed by atoms with E-state index in [1.54, 1.807) is 24.3 Å². The van der Waals surface area contributed by atoms with Crippen LogP contribution in [0.1, 0.15) is 44.6 Å². The normalized spacial score (nSPS) is 17.7. The Bertz CT molecular complexity index is 1400. The molecule has 44 heavy (non-hydrogen) atoms. The summed E-state index contributed by atoms with van der Waals surface area (Å²) in [4.78, 5) is 32.6. The Hall–Kier alpha value is -3.82. The minimum Gasteiger partial charge on any atom is -0.494 e. The average Bonchev–Trinajstić information content (AvgIpc) is 3.26. The van der Waals surface area contributed by atoms with Gasteiger partial charge >= 0.3 is 0 Å². The number of hydrogen-bond acceptors (Lipinski definition) is 5. The summed E-state index contributed by atoms with van der Waals surface area (Å²) in [5, 5.41) is 3.25. The molecule has 0 spiro atoms. The molecule has 2 heterocycles. The second kappa shape index (κ2) is 15.3. The van der Waals surface area contributed by atoms with Gasteiger partial charge < -0.3 is 19.9 Å². The van der Waals surface area contributed by atoms with E-state index in [-0.39, 0.29) is 18.2 Å². The third kappa shape index (κ3) is 8.21. The highest BCUT2D eigenvalue weighted by Gasteiger charge is 2.44. The monoisotopic (exact) mass is 616 g/mol. The largest absolute Gasteiger partial charge is 0.494 e. The van der Waals surface area contributed by atoms with Crippen molar-refractivity contribution in [1.82, 2.24) is 9.80 Å². The summed E-state index contributed by atoms with van der Waals surface area (Å²) in [7, 11) is 0. The molecule has 3 aromatic rings. The molecule has 0 aromatic heterocycles. The van der Waals surface area contributed by atoms with Crippen molar-refractivity contribution in [2.24, 2.45) is 5.92 Å². The average molecular weight is 617 g/mol. The smallest absolute Gasteiger partial charge is 0.256 e. The van der Waals surface area contributed by atoms with E-state index in [9.17, 15) is 14.0 Å². The molecule has 0 bridgehead atoms. The minimum absolute atomic E-state index is 0.0460. The van der Waals surface area contributed by atoms with Crippen molar-refractivity contribution in [2.45, 2.75) is 51.5 Å². The van der Waals surface area contributed by atoms with Crippen LogP contribution in [0.25, 0.3) is 0 Å². The van der Waals surface area contributed by atoms with Gasteiger partial charge in [0.25, 0.3) is 5.91 Å². The fraction of sp³-hybridized carbons (Fsp3) is 0.400. The molecule has 2 aliphatic rings. The van der Waals surface area contributed by atoms with E-state index < -0.39 is 11.9 Å². The Kier molecular flexibility index (Phi) is 11.0. The summed E-state index contributed by atoms with van der Waals surface area (Å²) in [5.41, 5.74) is 2.53. The Balaban J connectivity index is 1.19. The van der Waals surface area contributed by atoms with Crippen molar-refractivity contribution in [3.8, 4) is 5.75 Å². The zero-order valence-electron chi connectivity index (χ0n) is 25.3. The van der Waals surface area contributed by atoms with Gasteiger partial charge in [-0.3, -0.25) is 14.5 Å². The molecule has 1 atom stereocenters. The molecule has 2 aliphatic heterocycles. The predicted octanol–water partition coefficient (Wildman–Crippen LogP) is 6.29. The van der Waals surface area contributed by atoms with Crippen LogP contribution in [0.4, 0.5) is 15.8 Å². The van der Waals surface area contributed by atoms with Crippen LogP contribution >= 0.6 is 12.2 Å². The number of carbonyl (C=O) groups is 2. The number of halogens is 1. The van der Waals surface area contributed by atoms with Gasteiger partial charge in [0.1, 0.15) is 17.6 Å². The van der Waals surface area contributed by atoms with Crippen LogP contribution in [0.3, 0.4) is 0 Å². The van der Waals surface area contributed by atoms with Crippen LogP contribution in [0.2, 0.25) is 0 Å². The maximum absolute atomic E-state index is 13.7. The molecular weight excluding hydrogens is 575 g/mol. The summed E-state index contributed by atoms with van der Waals surface area (Å²) in [5.74, 6) is 0.492. The van der Waals surface area contributed by atoms with Gasteiger partial charge in [-0.25, -0.2) is 4.39 Å². The van der Waals surface area contributed by atoms with Crippen molar-refractivity contribution in [1.29, 1.82) is 0 Å². The number of hydrogen-bond donors (Lipinski definition) is 1. The van der Waals surface area contributed by atoms with E-state index >= 15 is 0 Å². The molecule has 2 fully saturated rings. The lowest BCUT2D eigenvalue weighted by molar-refractivity contribution is -0.124. The van der Waals surface area contributed by atoms with Crippen LogP contribution in [0.5, 0.6) is 5.75 Å². The lowest BCUT2D eigenvalue weighted by Crippen LogP contribution is -2.40. The molecule has 1 N–H and O–H groups in total. The number of benzene rings is 3. The van der Waals surface area contributed by atoms with Crippen molar-refractivity contribution in [3.63, 3.8) is 0 Å². The first kappa shape index (κ1) is 31.6. The van der Waals surface area contributed by atoms with Crippen LogP contribution in [-0.4, -0.2) is 65.6 Å². The van der Waals surface area contributed by atoms with Crippen molar-refractivity contribution < 1.29 is 18.7 Å². The lowest BCUT2D eigenvalue weighted by Gasteiger charge is -2.33. The zero-order valence-corrected chi connectivity index (χ0v) is 26.1. The third-order valence-electron chi connectivity index (χ3n) is 8.34. The first-order valence-corrected chi connectivity index (χ1v) is 16.0. The number of likely N-dealkylation sites (tertiary alicyclic amines) is 1. The molecule has 2 saturated heterocycles. The number of carbonyl (C=O) groups excluding carboxylic acids is 2. The van der Waals surface area contributed by atoms with Crippen LogP contribution in [0, 0.1) is 11.7 Å². The Morgan fingerprint density at radius 3 is 2.36 bits per heavy atom. The number of thiocarbonyl (C=S) groups is 1. The van der Waals surface area contributed by atoms with Crippen LogP contribution in [0.15, 0.2) is 78.9 Å². The Morgan fingerprint density at radius 2 is 1.68 bits per heavy atom. The zero-order chi connectivity index (χ0) is 30.9. The highest BCUT2D eigenvalue weighted by molar-refractivity contribution is 7.80. The molecule has 0 aliphatic carbocycles. The van der Waals surface area contributed by atoms with Gasteiger partial charge in [-0.2, -0.15) is 0 Å². The molecule has 0 radical (unpaired) electrons. The van der Waals surface area contributed by atoms with E-state index in [4.69, 9.17) is 17.0 Å². The number of anilines is 2. The molecule has 9 heteroatoms. The van der Waals surface area contributed by atoms with E-state index in [1.807, 2.05) is 24.0 Å². The molecule has 232 valence electrons. The van der Waals surface area contributed by atoms with Crippen molar-refractivity contribution >= 4 is 40.5 Å². The Labute approximate surface area is 265 Å². The first-order chi connectivity index (χ1) is 21.4. The summed E-state index contributed by atoms with van der Waals surface area (Å²) in [6.45, 7) is 6.22. The van der Waals surface area contributed by atoms with Gasteiger partial charge in [-0.15, -0.1) is 0 Å². The van der Waals surface area contributed by atoms with Crippen LogP contribution in [-0.2, 0) is 16.0 Å². The summed E-state index contributed by atoms with van der Waals surface area (Å²) < 4.78 is 19.3. The van der Waals surface area contributed by atoms with Gasteiger partial charge in [-0.05, 0) is 124 Å². The quantitative estimate of drug-likeness (QED) is 0.228. The molecule has 3 aromatic carbocycles. The Morgan fingerprint density at radius 1 is 0.977 bits per heavy atom. The van der Waals surface area contributed by atoms with E-state index in [0.29, 0.717) is 35.6 Å². The summed E-state index contributed by atoms with van der Waals surface area (Å²) in [6, 6.07) is 22.9. The minimum atomic E-state index is -0.740. The van der Waals surface area contributed by atoms with Gasteiger partial charge in [0.15, 0.2) is 5.11 Å². The third-order valence-corrected chi connectivity index (χ3v) is 8.76. The lowest BCUT2D eigenvalue weighted by atomic mass is 9.90. The molecular formula is C35H41FN4O3S. The van der Waals surface area contributed by atoms with Gasteiger partial charge in [-0.1, -0.05) is 37.3 Å². The second-order valence-corrected chi connectivity index (χ2v) is 12.0. The second-order valence-electron chi connectivity index (χ2n) is 11.6. The predicted molar refractivity (Wildman–Crippen MR) is 176 cm³/mol. The molecule has 0 unspecified atom stereocenters. The van der Waals surface area contributed by atoms with Gasteiger partial charge in [0.05, 0.1) is 18.7 Å². The highest BCUT2D eigenvalue weighted by atomic mass is 32.1. The standard InChI is InChI=1S/C35H41FN4O3S/c1-2-23-43-31-15-11-29(12-16-31)37-33(41)25-32-34(42)40(30-13-9-28(36)10-14-30)35(44)39(32)20-6-19-38-21-17-27(18-22-38)24-26-7-4-3-5-8-26/h3-5,7-16,27,32H,2,6,17-25H2,1H3,(H,37,41)/t32-/m1/s1. The number of ether oxygens (including phenoxy) is 1. The van der Waals surface area contributed by atoms with E-state index in [0.717, 1.165) is 44.6 Å². The highest BCUT2D eigenvalue weighted by Crippen LogP contribution is 2.29. The van der Waals surface area contributed by atoms with Crippen molar-refractivity contribution in [2.75, 3.05) is 43.0 Å². The number of rotatable bonds is 13. The molecule has 7 nitrogen and oxygen atoms in total. The molecule has 2 amide bonds. The number of piperidine rings is 1. The topological polar surface area (TPSA) is 65.1 Å². The number of nitrogens with zero attached hydrogens (tertiary/aromatic N) is 3. The first-order valence-electron chi connectivity index (χ1n) is 15.6. The maximum atomic E-state index is 13.7.